The van der Waals surface area contributed by atoms with E-state index in [0.717, 1.165) is 24.0 Å². The van der Waals surface area contributed by atoms with E-state index in [1.54, 1.807) is 6.07 Å². The number of likely N-dealkylation sites (tertiary alicyclic amines) is 1. The molecule has 1 aliphatic rings. The summed E-state index contributed by atoms with van der Waals surface area (Å²) in [6.45, 7) is 2.77. The summed E-state index contributed by atoms with van der Waals surface area (Å²) in [5.74, 6) is -0.115. The number of nitrogens with one attached hydrogen (secondary N) is 1. The zero-order valence-corrected chi connectivity index (χ0v) is 14.8. The zero-order valence-electron chi connectivity index (χ0n) is 14.8. The lowest BCUT2D eigenvalue weighted by Gasteiger charge is -2.28. The van der Waals surface area contributed by atoms with E-state index in [4.69, 9.17) is 0 Å². The number of carbonyl (C=O) groups excluding carboxylic acids is 1. The standard InChI is InChI=1S/C22H23N3O/c26-22(20-13-12-17-8-4-5-11-19(17)24-20)23-16-21(25-14-6-7-15-25)18-9-2-1-3-10-18/h1-5,8-13,21H,6-7,14-16H2,(H,23,26). The van der Waals surface area contributed by atoms with Gasteiger partial charge in [-0.1, -0.05) is 54.6 Å². The average Bonchev–Trinajstić information content (AvgIpc) is 3.23. The summed E-state index contributed by atoms with van der Waals surface area (Å²) >= 11 is 0. The van der Waals surface area contributed by atoms with Gasteiger partial charge in [0.15, 0.2) is 0 Å². The van der Waals surface area contributed by atoms with E-state index in [1.165, 1.54) is 18.4 Å². The minimum Gasteiger partial charge on any atom is -0.349 e. The third-order valence-electron chi connectivity index (χ3n) is 5.05. The summed E-state index contributed by atoms with van der Waals surface area (Å²) < 4.78 is 0. The van der Waals surface area contributed by atoms with Crippen LogP contribution in [0.5, 0.6) is 0 Å². The molecule has 132 valence electrons. The fraction of sp³-hybridized carbons (Fsp3) is 0.273. The monoisotopic (exact) mass is 345 g/mol. The van der Waals surface area contributed by atoms with Crippen molar-refractivity contribution >= 4 is 16.8 Å². The molecular formula is C22H23N3O. The van der Waals surface area contributed by atoms with Gasteiger partial charge in [-0.05, 0) is 43.6 Å². The highest BCUT2D eigenvalue weighted by molar-refractivity contribution is 5.94. The molecule has 0 spiro atoms. The number of benzene rings is 2. The quantitative estimate of drug-likeness (QED) is 0.765. The molecule has 1 fully saturated rings. The second-order valence-electron chi connectivity index (χ2n) is 6.77. The SMILES string of the molecule is O=C(NCC(c1ccccc1)N1CCCC1)c1ccc2ccccc2n1. The summed E-state index contributed by atoms with van der Waals surface area (Å²) in [5.41, 5.74) is 2.57. The lowest BCUT2D eigenvalue weighted by Crippen LogP contribution is -2.37. The first-order chi connectivity index (χ1) is 12.8. The minimum atomic E-state index is -0.115. The van der Waals surface area contributed by atoms with Gasteiger partial charge in [0.1, 0.15) is 5.69 Å². The number of hydrogen-bond acceptors (Lipinski definition) is 3. The number of hydrogen-bond donors (Lipinski definition) is 1. The van der Waals surface area contributed by atoms with Gasteiger partial charge >= 0.3 is 0 Å². The lowest BCUT2D eigenvalue weighted by atomic mass is 10.1. The number of para-hydroxylation sites is 1. The Bertz CT molecular complexity index is 888. The van der Waals surface area contributed by atoms with E-state index in [-0.39, 0.29) is 11.9 Å². The molecular weight excluding hydrogens is 322 g/mol. The third kappa shape index (κ3) is 3.60. The van der Waals surface area contributed by atoms with Gasteiger partial charge < -0.3 is 5.32 Å². The van der Waals surface area contributed by atoms with Gasteiger partial charge in [-0.2, -0.15) is 0 Å². The molecule has 1 aliphatic heterocycles. The Balaban J connectivity index is 1.50. The van der Waals surface area contributed by atoms with Crippen molar-refractivity contribution in [1.29, 1.82) is 0 Å². The van der Waals surface area contributed by atoms with Crippen molar-refractivity contribution in [2.24, 2.45) is 0 Å². The first kappa shape index (κ1) is 16.7. The molecule has 1 atom stereocenters. The molecule has 3 aromatic rings. The van der Waals surface area contributed by atoms with Crippen molar-refractivity contribution in [3.63, 3.8) is 0 Å². The Morgan fingerprint density at radius 2 is 1.69 bits per heavy atom. The van der Waals surface area contributed by atoms with Crippen molar-refractivity contribution in [2.45, 2.75) is 18.9 Å². The van der Waals surface area contributed by atoms with Crippen LogP contribution in [0.15, 0.2) is 66.7 Å². The molecule has 0 radical (unpaired) electrons. The van der Waals surface area contributed by atoms with Crippen LogP contribution in [0.3, 0.4) is 0 Å². The molecule has 4 nitrogen and oxygen atoms in total. The maximum atomic E-state index is 12.6. The number of nitrogens with zero attached hydrogens (tertiary/aromatic N) is 2. The van der Waals surface area contributed by atoms with Crippen LogP contribution in [-0.4, -0.2) is 35.4 Å². The van der Waals surface area contributed by atoms with E-state index in [0.29, 0.717) is 12.2 Å². The van der Waals surface area contributed by atoms with Crippen LogP contribution < -0.4 is 5.32 Å². The van der Waals surface area contributed by atoms with Crippen LogP contribution in [0, 0.1) is 0 Å². The van der Waals surface area contributed by atoms with Gasteiger partial charge in [0.05, 0.1) is 11.6 Å². The van der Waals surface area contributed by atoms with Crippen LogP contribution in [-0.2, 0) is 0 Å². The highest BCUT2D eigenvalue weighted by Gasteiger charge is 2.24. The van der Waals surface area contributed by atoms with Gasteiger partial charge in [-0.15, -0.1) is 0 Å². The van der Waals surface area contributed by atoms with Crippen LogP contribution in [0.1, 0.15) is 34.9 Å². The number of rotatable bonds is 5. The Morgan fingerprint density at radius 1 is 0.962 bits per heavy atom. The summed E-state index contributed by atoms with van der Waals surface area (Å²) in [6.07, 6.45) is 2.45. The molecule has 1 aromatic heterocycles. The molecule has 26 heavy (non-hydrogen) atoms. The van der Waals surface area contributed by atoms with Gasteiger partial charge in [0.25, 0.3) is 5.91 Å². The van der Waals surface area contributed by atoms with Crippen molar-refractivity contribution in [1.82, 2.24) is 15.2 Å². The number of amides is 1. The molecule has 2 heterocycles. The predicted molar refractivity (Wildman–Crippen MR) is 104 cm³/mol. The molecule has 4 rings (SSSR count). The van der Waals surface area contributed by atoms with Crippen LogP contribution in [0.25, 0.3) is 10.9 Å². The molecule has 1 amide bonds. The highest BCUT2D eigenvalue weighted by atomic mass is 16.1. The van der Waals surface area contributed by atoms with Gasteiger partial charge in [-0.25, -0.2) is 4.98 Å². The van der Waals surface area contributed by atoms with Crippen molar-refractivity contribution in [3.05, 3.63) is 78.0 Å². The minimum absolute atomic E-state index is 0.115. The number of pyridine rings is 1. The van der Waals surface area contributed by atoms with E-state index < -0.39 is 0 Å². The fourth-order valence-electron chi connectivity index (χ4n) is 3.66. The van der Waals surface area contributed by atoms with E-state index in [1.807, 2.05) is 36.4 Å². The Morgan fingerprint density at radius 3 is 2.50 bits per heavy atom. The number of fused-ring (bicyclic) bond motifs is 1. The summed E-state index contributed by atoms with van der Waals surface area (Å²) in [7, 11) is 0. The summed E-state index contributed by atoms with van der Waals surface area (Å²) in [6, 6.07) is 22.2. The Kier molecular flexibility index (Phi) is 4.93. The third-order valence-corrected chi connectivity index (χ3v) is 5.05. The lowest BCUT2D eigenvalue weighted by molar-refractivity contribution is 0.0933. The highest BCUT2D eigenvalue weighted by Crippen LogP contribution is 2.24. The van der Waals surface area contributed by atoms with Gasteiger partial charge in [-0.3, -0.25) is 9.69 Å². The molecule has 4 heteroatoms. The molecule has 1 N–H and O–H groups in total. The molecule has 1 unspecified atom stereocenters. The van der Waals surface area contributed by atoms with E-state index >= 15 is 0 Å². The van der Waals surface area contributed by atoms with Crippen LogP contribution >= 0.6 is 0 Å². The van der Waals surface area contributed by atoms with Crippen molar-refractivity contribution in [2.75, 3.05) is 19.6 Å². The van der Waals surface area contributed by atoms with Crippen LogP contribution in [0.2, 0.25) is 0 Å². The summed E-state index contributed by atoms with van der Waals surface area (Å²) in [4.78, 5) is 19.6. The predicted octanol–water partition coefficient (Wildman–Crippen LogP) is 3.80. The molecule has 0 aliphatic carbocycles. The molecule has 0 bridgehead atoms. The maximum absolute atomic E-state index is 12.6. The smallest absolute Gasteiger partial charge is 0.269 e. The average molecular weight is 345 g/mol. The second-order valence-corrected chi connectivity index (χ2v) is 6.77. The zero-order chi connectivity index (χ0) is 17.8. The summed E-state index contributed by atoms with van der Waals surface area (Å²) in [5, 5.41) is 4.14. The van der Waals surface area contributed by atoms with Gasteiger partial charge in [0, 0.05) is 11.9 Å². The molecule has 0 saturated carbocycles. The second kappa shape index (κ2) is 7.67. The van der Waals surface area contributed by atoms with Crippen molar-refractivity contribution < 1.29 is 4.79 Å². The van der Waals surface area contributed by atoms with E-state index in [9.17, 15) is 4.79 Å². The topological polar surface area (TPSA) is 45.2 Å². The maximum Gasteiger partial charge on any atom is 0.269 e. The molecule has 2 aromatic carbocycles. The fourth-order valence-corrected chi connectivity index (χ4v) is 3.66. The first-order valence-corrected chi connectivity index (χ1v) is 9.24. The number of aromatic nitrogens is 1. The van der Waals surface area contributed by atoms with Gasteiger partial charge in [0.2, 0.25) is 0 Å². The van der Waals surface area contributed by atoms with Crippen molar-refractivity contribution in [3.8, 4) is 0 Å². The van der Waals surface area contributed by atoms with E-state index in [2.05, 4.69) is 39.5 Å². The Labute approximate surface area is 153 Å². The van der Waals surface area contributed by atoms with Crippen LogP contribution in [0.4, 0.5) is 0 Å². The largest absolute Gasteiger partial charge is 0.349 e. The normalized spacial score (nSPS) is 15.8. The molecule has 1 saturated heterocycles. The Hall–Kier alpha value is -2.72. The first-order valence-electron chi connectivity index (χ1n) is 9.24. The number of carbonyl (C=O) groups is 1.